The Balaban J connectivity index is 2.19. The molecule has 0 saturated heterocycles. The van der Waals surface area contributed by atoms with E-state index in [0.717, 1.165) is 10.8 Å². The zero-order chi connectivity index (χ0) is 19.4. The van der Waals surface area contributed by atoms with Crippen molar-refractivity contribution < 1.29 is 14.6 Å². The van der Waals surface area contributed by atoms with E-state index in [1.165, 1.54) is 11.0 Å². The number of aromatic hydroxyl groups is 1. The molecule has 3 aromatic carbocycles. The molecule has 0 aliphatic heterocycles. The number of fused-ring (bicyclic) bond motifs is 1. The van der Waals surface area contributed by atoms with Gasteiger partial charge in [-0.15, -0.1) is 0 Å². The molecule has 6 heteroatoms. The van der Waals surface area contributed by atoms with Crippen LogP contribution in [0.25, 0.3) is 10.8 Å². The van der Waals surface area contributed by atoms with Gasteiger partial charge >= 0.3 is 6.03 Å². The lowest BCUT2D eigenvalue weighted by Gasteiger charge is -2.24. The number of aliphatic imine (C=N–C) groups is 1. The molecular formula is C21H21N3O3. The molecular weight excluding hydrogens is 342 g/mol. The van der Waals surface area contributed by atoms with Gasteiger partial charge in [-0.3, -0.25) is 4.99 Å². The quantitative estimate of drug-likeness (QED) is 0.544. The minimum Gasteiger partial charge on any atom is -0.507 e. The Morgan fingerprint density at radius 3 is 2.59 bits per heavy atom. The number of phenolic OH excluding ortho intramolecular Hbond substituents is 1. The number of carbonyl (C=O) groups excluding carboxylic acids is 1. The number of amidine groups is 1. The summed E-state index contributed by atoms with van der Waals surface area (Å²) in [6.45, 7) is 2.35. The average Bonchev–Trinajstić information content (AvgIpc) is 2.67. The van der Waals surface area contributed by atoms with Crippen LogP contribution in [0.2, 0.25) is 0 Å². The van der Waals surface area contributed by atoms with Gasteiger partial charge in [-0.05, 0) is 36.6 Å². The molecule has 0 atom stereocenters. The second-order valence-electron chi connectivity index (χ2n) is 5.83. The van der Waals surface area contributed by atoms with Gasteiger partial charge in [0.25, 0.3) is 0 Å². The van der Waals surface area contributed by atoms with Gasteiger partial charge in [0, 0.05) is 12.4 Å². The molecule has 2 amide bonds. The van der Waals surface area contributed by atoms with E-state index in [1.807, 2.05) is 43.3 Å². The molecule has 3 rings (SSSR count). The number of urea groups is 1. The molecule has 0 spiro atoms. The summed E-state index contributed by atoms with van der Waals surface area (Å²) in [6.07, 6.45) is 0. The summed E-state index contributed by atoms with van der Waals surface area (Å²) in [4.78, 5) is 17.9. The minimum atomic E-state index is -0.701. The number of amides is 2. The zero-order valence-electron chi connectivity index (χ0n) is 15.2. The van der Waals surface area contributed by atoms with E-state index in [4.69, 9.17) is 10.5 Å². The van der Waals surface area contributed by atoms with Gasteiger partial charge in [-0.2, -0.15) is 0 Å². The van der Waals surface area contributed by atoms with E-state index < -0.39 is 6.03 Å². The number of ether oxygens (including phenoxy) is 1. The highest BCUT2D eigenvalue weighted by Crippen LogP contribution is 2.31. The van der Waals surface area contributed by atoms with Gasteiger partial charge in [-0.1, -0.05) is 36.4 Å². The summed E-state index contributed by atoms with van der Waals surface area (Å²) < 4.78 is 5.51. The highest BCUT2D eigenvalue weighted by molar-refractivity contribution is 6.26. The molecule has 0 bridgehead atoms. The number of nitrogens with zero attached hydrogens (tertiary/aromatic N) is 2. The third-order valence-corrected chi connectivity index (χ3v) is 4.17. The number of carbonyl (C=O) groups is 1. The maximum atomic E-state index is 12.4. The highest BCUT2D eigenvalue weighted by atomic mass is 16.5. The van der Waals surface area contributed by atoms with Crippen molar-refractivity contribution in [1.29, 1.82) is 0 Å². The third kappa shape index (κ3) is 3.55. The third-order valence-electron chi connectivity index (χ3n) is 4.17. The van der Waals surface area contributed by atoms with Crippen LogP contribution in [-0.4, -0.2) is 30.6 Å². The van der Waals surface area contributed by atoms with Crippen LogP contribution < -0.4 is 15.4 Å². The van der Waals surface area contributed by atoms with Crippen LogP contribution in [0, 0.1) is 0 Å². The molecule has 0 unspecified atom stereocenters. The van der Waals surface area contributed by atoms with E-state index in [9.17, 15) is 9.90 Å². The number of rotatable bonds is 4. The molecule has 0 aliphatic carbocycles. The fourth-order valence-corrected chi connectivity index (χ4v) is 3.03. The first kappa shape index (κ1) is 18.3. The Hall–Kier alpha value is -3.54. The molecule has 6 nitrogen and oxygen atoms in total. The zero-order valence-corrected chi connectivity index (χ0v) is 15.2. The summed E-state index contributed by atoms with van der Waals surface area (Å²) in [6, 6.07) is 17.4. The van der Waals surface area contributed by atoms with Crippen molar-refractivity contribution in [2.45, 2.75) is 6.92 Å². The van der Waals surface area contributed by atoms with Gasteiger partial charge in [0.1, 0.15) is 17.3 Å². The summed E-state index contributed by atoms with van der Waals surface area (Å²) in [7, 11) is 1.54. The number of primary amides is 1. The van der Waals surface area contributed by atoms with E-state index in [0.29, 0.717) is 23.6 Å². The summed E-state index contributed by atoms with van der Waals surface area (Å²) in [5, 5.41) is 12.2. The predicted molar refractivity (Wildman–Crippen MR) is 108 cm³/mol. The van der Waals surface area contributed by atoms with Gasteiger partial charge in [0.15, 0.2) is 0 Å². The number of hydrogen-bond donors (Lipinski definition) is 2. The minimum absolute atomic E-state index is 0.0226. The van der Waals surface area contributed by atoms with E-state index in [2.05, 4.69) is 4.99 Å². The summed E-state index contributed by atoms with van der Waals surface area (Å²) in [5.41, 5.74) is 6.66. The normalized spacial score (nSPS) is 11.4. The molecule has 3 aromatic rings. The molecule has 0 aliphatic rings. The van der Waals surface area contributed by atoms with Crippen molar-refractivity contribution in [2.24, 2.45) is 10.7 Å². The maximum absolute atomic E-state index is 12.4. The largest absolute Gasteiger partial charge is 0.507 e. The number of anilines is 1. The molecule has 0 heterocycles. The van der Waals surface area contributed by atoms with Crippen LogP contribution in [0.5, 0.6) is 11.5 Å². The summed E-state index contributed by atoms with van der Waals surface area (Å²) >= 11 is 0. The molecule has 27 heavy (non-hydrogen) atoms. The SMILES string of the molecule is CCOc1ccc(O)c(/C(=N/C)N(C(N)=O)c2cccc3ccccc23)c1. The number of nitrogens with two attached hydrogens (primary N) is 1. The Kier molecular flexibility index (Phi) is 5.26. The molecule has 3 N–H and O–H groups in total. The van der Waals surface area contributed by atoms with Crippen molar-refractivity contribution in [2.75, 3.05) is 18.6 Å². The summed E-state index contributed by atoms with van der Waals surface area (Å²) in [5.74, 6) is 0.775. The fraction of sp³-hybridized carbons (Fsp3) is 0.143. The first-order valence-electron chi connectivity index (χ1n) is 8.57. The van der Waals surface area contributed by atoms with E-state index >= 15 is 0 Å². The first-order chi connectivity index (χ1) is 13.1. The van der Waals surface area contributed by atoms with Gasteiger partial charge < -0.3 is 15.6 Å². The number of benzene rings is 3. The second-order valence-corrected chi connectivity index (χ2v) is 5.83. The fourth-order valence-electron chi connectivity index (χ4n) is 3.03. The Bertz CT molecular complexity index is 1010. The smallest absolute Gasteiger partial charge is 0.325 e. The van der Waals surface area contributed by atoms with Crippen molar-refractivity contribution in [1.82, 2.24) is 0 Å². The van der Waals surface area contributed by atoms with Crippen molar-refractivity contribution >= 4 is 28.3 Å². The Labute approximate surface area is 157 Å². The average molecular weight is 363 g/mol. The number of hydrogen-bond acceptors (Lipinski definition) is 4. The maximum Gasteiger partial charge on any atom is 0.325 e. The van der Waals surface area contributed by atoms with E-state index in [-0.39, 0.29) is 11.6 Å². The van der Waals surface area contributed by atoms with Gasteiger partial charge in [-0.25, -0.2) is 9.69 Å². The van der Waals surface area contributed by atoms with E-state index in [1.54, 1.807) is 25.2 Å². The molecule has 138 valence electrons. The first-order valence-corrected chi connectivity index (χ1v) is 8.57. The second kappa shape index (κ2) is 7.78. The van der Waals surface area contributed by atoms with Crippen LogP contribution in [0.4, 0.5) is 10.5 Å². The molecule has 0 aromatic heterocycles. The monoisotopic (exact) mass is 363 g/mol. The van der Waals surface area contributed by atoms with Crippen LogP contribution in [0.1, 0.15) is 12.5 Å². The van der Waals surface area contributed by atoms with Crippen LogP contribution in [-0.2, 0) is 0 Å². The standard InChI is InChI=1S/C21H21N3O3/c1-3-27-15-11-12-19(25)17(13-15)20(23-2)24(21(22)26)18-10-6-8-14-7-4-5-9-16(14)18/h4-13,25H,3H2,1-2H3,(H2,22,26)/b23-20-. The lowest BCUT2D eigenvalue weighted by Crippen LogP contribution is -2.41. The molecule has 0 saturated carbocycles. The molecule has 0 fully saturated rings. The highest BCUT2D eigenvalue weighted by Gasteiger charge is 2.24. The van der Waals surface area contributed by atoms with Crippen molar-refractivity contribution in [3.05, 3.63) is 66.2 Å². The van der Waals surface area contributed by atoms with Crippen molar-refractivity contribution in [3.8, 4) is 11.5 Å². The van der Waals surface area contributed by atoms with Gasteiger partial charge in [0.2, 0.25) is 0 Å². The number of phenols is 1. The van der Waals surface area contributed by atoms with Crippen LogP contribution in [0.15, 0.2) is 65.7 Å². The van der Waals surface area contributed by atoms with Crippen LogP contribution in [0.3, 0.4) is 0 Å². The molecule has 0 radical (unpaired) electrons. The topological polar surface area (TPSA) is 88.2 Å². The van der Waals surface area contributed by atoms with Crippen molar-refractivity contribution in [3.63, 3.8) is 0 Å². The Morgan fingerprint density at radius 1 is 1.15 bits per heavy atom. The lowest BCUT2D eigenvalue weighted by molar-refractivity contribution is 0.256. The van der Waals surface area contributed by atoms with Gasteiger partial charge in [0.05, 0.1) is 17.9 Å². The lowest BCUT2D eigenvalue weighted by atomic mass is 10.1. The van der Waals surface area contributed by atoms with Crippen LogP contribution >= 0.6 is 0 Å². The Morgan fingerprint density at radius 2 is 1.89 bits per heavy atom. The predicted octanol–water partition coefficient (Wildman–Crippen LogP) is 3.91.